The van der Waals surface area contributed by atoms with Crippen LogP contribution in [-0.2, 0) is 20.1 Å². The van der Waals surface area contributed by atoms with Gasteiger partial charge in [-0.3, -0.25) is 4.99 Å². The maximum Gasteiger partial charge on any atom is 0.194 e. The number of nitrogens with one attached hydrogen (secondary N) is 1. The van der Waals surface area contributed by atoms with Gasteiger partial charge in [-0.15, -0.1) is 0 Å². The van der Waals surface area contributed by atoms with E-state index in [1.54, 1.807) is 14.2 Å². The molecule has 1 heterocycles. The van der Waals surface area contributed by atoms with Crippen LogP contribution >= 0.6 is 11.6 Å². The van der Waals surface area contributed by atoms with Crippen LogP contribution < -0.4 is 14.8 Å². The number of aryl methyl sites for hydroxylation is 1. The van der Waals surface area contributed by atoms with E-state index in [0.717, 1.165) is 18.1 Å². The van der Waals surface area contributed by atoms with Crippen LogP contribution in [0.15, 0.2) is 35.5 Å². The summed E-state index contributed by atoms with van der Waals surface area (Å²) >= 11 is 6.34. The number of nitrogens with zero attached hydrogens (tertiary/aromatic N) is 3. The molecule has 0 spiro atoms. The van der Waals surface area contributed by atoms with Gasteiger partial charge in [0.2, 0.25) is 0 Å². The van der Waals surface area contributed by atoms with Gasteiger partial charge in [0, 0.05) is 39.6 Å². The van der Waals surface area contributed by atoms with Crippen molar-refractivity contribution in [2.75, 3.05) is 27.8 Å². The number of halogens is 1. The van der Waals surface area contributed by atoms with Crippen LogP contribution in [0.5, 0.6) is 11.5 Å². The van der Waals surface area contributed by atoms with Crippen LogP contribution in [0, 0.1) is 0 Å². The second-order valence-electron chi connectivity index (χ2n) is 5.91. The van der Waals surface area contributed by atoms with Gasteiger partial charge < -0.3 is 24.3 Å². The predicted octanol–water partition coefficient (Wildman–Crippen LogP) is 3.29. The highest BCUT2D eigenvalue weighted by molar-refractivity contribution is 6.32. The first kappa shape index (κ1) is 20.0. The molecule has 1 aromatic heterocycles. The monoisotopic (exact) mass is 378 g/mol. The highest BCUT2D eigenvalue weighted by atomic mass is 35.5. The van der Waals surface area contributed by atoms with Crippen molar-refractivity contribution in [2.45, 2.75) is 20.0 Å². The van der Waals surface area contributed by atoms with Crippen LogP contribution in [0.2, 0.25) is 5.02 Å². The van der Waals surface area contributed by atoms with Gasteiger partial charge in [-0.05, 0) is 36.8 Å². The van der Waals surface area contributed by atoms with E-state index in [2.05, 4.69) is 25.8 Å². The van der Waals surface area contributed by atoms with E-state index in [1.165, 1.54) is 5.69 Å². The number of methoxy groups -OCH3 is 1. The number of ether oxygens (including phenoxy) is 2. The Morgan fingerprint density at radius 2 is 2.15 bits per heavy atom. The number of rotatable bonds is 7. The van der Waals surface area contributed by atoms with Gasteiger partial charge in [-0.2, -0.15) is 0 Å². The number of aliphatic imine (C=N–C) groups is 1. The fourth-order valence-corrected chi connectivity index (χ4v) is 2.99. The lowest BCUT2D eigenvalue weighted by molar-refractivity contribution is 0.311. The summed E-state index contributed by atoms with van der Waals surface area (Å²) in [7, 11) is 7.43. The van der Waals surface area contributed by atoms with E-state index in [4.69, 9.17) is 21.1 Å². The Kier molecular flexibility index (Phi) is 7.21. The zero-order chi connectivity index (χ0) is 19.1. The third kappa shape index (κ3) is 4.85. The van der Waals surface area contributed by atoms with Gasteiger partial charge in [0.25, 0.3) is 0 Å². The topological polar surface area (TPSA) is 51.0 Å². The average molecular weight is 379 g/mol. The normalized spacial score (nSPS) is 11.4. The highest BCUT2D eigenvalue weighted by Crippen LogP contribution is 2.36. The summed E-state index contributed by atoms with van der Waals surface area (Å²) < 4.78 is 13.1. The number of benzene rings is 1. The van der Waals surface area contributed by atoms with Gasteiger partial charge >= 0.3 is 0 Å². The minimum Gasteiger partial charge on any atom is -0.493 e. The molecule has 0 aliphatic rings. The summed E-state index contributed by atoms with van der Waals surface area (Å²) in [4.78, 5) is 6.43. The van der Waals surface area contributed by atoms with Gasteiger partial charge in [0.15, 0.2) is 17.5 Å². The fourth-order valence-electron chi connectivity index (χ4n) is 2.70. The van der Waals surface area contributed by atoms with E-state index in [9.17, 15) is 0 Å². The Labute approximate surface area is 160 Å². The smallest absolute Gasteiger partial charge is 0.194 e. The lowest BCUT2D eigenvalue weighted by atomic mass is 10.2. The Bertz CT molecular complexity index is 758. The van der Waals surface area contributed by atoms with Crippen LogP contribution in [0.25, 0.3) is 0 Å². The summed E-state index contributed by atoms with van der Waals surface area (Å²) in [6, 6.07) is 7.94. The molecule has 1 aromatic carbocycles. The molecule has 0 unspecified atom stereocenters. The Hall–Kier alpha value is -2.34. The van der Waals surface area contributed by atoms with Crippen molar-refractivity contribution in [3.05, 3.63) is 46.7 Å². The molecule has 0 atom stereocenters. The van der Waals surface area contributed by atoms with E-state index in [0.29, 0.717) is 29.7 Å². The van der Waals surface area contributed by atoms with Gasteiger partial charge in [0.1, 0.15) is 0 Å². The highest BCUT2D eigenvalue weighted by Gasteiger charge is 2.13. The Morgan fingerprint density at radius 1 is 1.38 bits per heavy atom. The zero-order valence-corrected chi connectivity index (χ0v) is 16.8. The van der Waals surface area contributed by atoms with Crippen molar-refractivity contribution in [3.8, 4) is 11.5 Å². The van der Waals surface area contributed by atoms with Crippen LogP contribution in [0.3, 0.4) is 0 Å². The summed E-state index contributed by atoms with van der Waals surface area (Å²) in [6.07, 6.45) is 2.04. The fraction of sp³-hybridized carbons (Fsp3) is 0.421. The Balaban J connectivity index is 2.06. The van der Waals surface area contributed by atoms with Crippen LogP contribution in [-0.4, -0.2) is 43.2 Å². The third-order valence-electron chi connectivity index (χ3n) is 4.05. The molecule has 7 heteroatoms. The first-order chi connectivity index (χ1) is 12.5. The molecule has 26 heavy (non-hydrogen) atoms. The number of hydrogen-bond acceptors (Lipinski definition) is 3. The van der Waals surface area contributed by atoms with Gasteiger partial charge in [-0.1, -0.05) is 11.6 Å². The Morgan fingerprint density at radius 3 is 2.73 bits per heavy atom. The summed E-state index contributed by atoms with van der Waals surface area (Å²) in [6.45, 7) is 3.78. The minimum absolute atomic E-state index is 0.532. The lowest BCUT2D eigenvalue weighted by Crippen LogP contribution is -2.38. The molecule has 0 saturated heterocycles. The zero-order valence-electron chi connectivity index (χ0n) is 16.0. The average Bonchev–Trinajstić information content (AvgIpc) is 3.02. The maximum absolute atomic E-state index is 6.34. The quantitative estimate of drug-likeness (QED) is 0.593. The number of guanidine groups is 1. The number of hydrogen-bond donors (Lipinski definition) is 1. The molecule has 1 N–H and O–H groups in total. The van der Waals surface area contributed by atoms with Crippen molar-refractivity contribution in [1.29, 1.82) is 0 Å². The third-order valence-corrected chi connectivity index (χ3v) is 4.33. The molecule has 2 aromatic rings. The molecule has 0 aliphatic carbocycles. The summed E-state index contributed by atoms with van der Waals surface area (Å²) in [5.41, 5.74) is 2.20. The standard InChI is InChI=1S/C19H27ClN4O2/c1-6-26-18-16(20)10-14(11-17(18)25-5)12-22-19(21-2)24(4)13-15-8-7-9-23(15)3/h7-11H,6,12-13H2,1-5H3,(H,21,22). The molecule has 6 nitrogen and oxygen atoms in total. The van der Waals surface area contributed by atoms with Crippen LogP contribution in [0.4, 0.5) is 0 Å². The summed E-state index contributed by atoms with van der Waals surface area (Å²) in [5, 5.41) is 3.90. The molecule has 0 aliphatic heterocycles. The molecule has 0 saturated carbocycles. The largest absolute Gasteiger partial charge is 0.493 e. The molecule has 2 rings (SSSR count). The van der Waals surface area contributed by atoms with Crippen molar-refractivity contribution in [3.63, 3.8) is 0 Å². The molecule has 0 bridgehead atoms. The summed E-state index contributed by atoms with van der Waals surface area (Å²) in [5.74, 6) is 2.00. The SMILES string of the molecule is CCOc1c(Cl)cc(CNC(=NC)N(C)Cc2cccn2C)cc1OC. The molecule has 0 radical (unpaired) electrons. The lowest BCUT2D eigenvalue weighted by Gasteiger charge is -2.22. The van der Waals surface area contributed by atoms with E-state index < -0.39 is 0 Å². The van der Waals surface area contributed by atoms with E-state index in [-0.39, 0.29) is 0 Å². The van der Waals surface area contributed by atoms with Crippen molar-refractivity contribution < 1.29 is 9.47 Å². The maximum atomic E-state index is 6.34. The second kappa shape index (κ2) is 9.38. The predicted molar refractivity (Wildman–Crippen MR) is 106 cm³/mol. The van der Waals surface area contributed by atoms with Crippen molar-refractivity contribution in [2.24, 2.45) is 12.0 Å². The second-order valence-corrected chi connectivity index (χ2v) is 6.32. The van der Waals surface area contributed by atoms with Gasteiger partial charge in [0.05, 0.1) is 25.3 Å². The van der Waals surface area contributed by atoms with E-state index >= 15 is 0 Å². The van der Waals surface area contributed by atoms with Crippen molar-refractivity contribution >= 4 is 17.6 Å². The first-order valence-corrected chi connectivity index (χ1v) is 8.89. The first-order valence-electron chi connectivity index (χ1n) is 8.51. The minimum atomic E-state index is 0.532. The van der Waals surface area contributed by atoms with Crippen LogP contribution in [0.1, 0.15) is 18.2 Å². The molecular formula is C19H27ClN4O2. The van der Waals surface area contributed by atoms with E-state index in [1.807, 2.05) is 45.4 Å². The molecule has 0 amide bonds. The van der Waals surface area contributed by atoms with Crippen molar-refractivity contribution in [1.82, 2.24) is 14.8 Å². The molecule has 0 fully saturated rings. The molecule has 142 valence electrons. The van der Waals surface area contributed by atoms with Gasteiger partial charge in [-0.25, -0.2) is 0 Å². The number of aromatic nitrogens is 1. The molecular weight excluding hydrogens is 352 g/mol.